The highest BCUT2D eigenvalue weighted by Crippen LogP contribution is 2.31. The van der Waals surface area contributed by atoms with E-state index in [1.807, 2.05) is 12.4 Å². The van der Waals surface area contributed by atoms with Gasteiger partial charge in [0.1, 0.15) is 5.82 Å². The van der Waals surface area contributed by atoms with Gasteiger partial charge >= 0.3 is 0 Å². The molecule has 3 heterocycles. The third-order valence-electron chi connectivity index (χ3n) is 5.34. The monoisotopic (exact) mass is 322 g/mol. The number of aromatic nitrogens is 3. The van der Waals surface area contributed by atoms with Gasteiger partial charge in [-0.15, -0.1) is 0 Å². The lowest BCUT2D eigenvalue weighted by atomic mass is 9.88. The van der Waals surface area contributed by atoms with E-state index in [4.69, 9.17) is 9.97 Å². The summed E-state index contributed by atoms with van der Waals surface area (Å²) in [5, 5.41) is 0. The largest absolute Gasteiger partial charge is 0.294 e. The van der Waals surface area contributed by atoms with Gasteiger partial charge in [-0.1, -0.05) is 25.3 Å². The highest BCUT2D eigenvalue weighted by molar-refractivity contribution is 5.23. The summed E-state index contributed by atoms with van der Waals surface area (Å²) in [6.07, 6.45) is 13.6. The lowest BCUT2D eigenvalue weighted by Crippen LogP contribution is -2.31. The highest BCUT2D eigenvalue weighted by atomic mass is 15.1. The van der Waals surface area contributed by atoms with Crippen LogP contribution in [0.25, 0.3) is 0 Å². The molecule has 2 aliphatic rings. The van der Waals surface area contributed by atoms with Gasteiger partial charge in [0.15, 0.2) is 0 Å². The molecule has 0 atom stereocenters. The van der Waals surface area contributed by atoms with Gasteiger partial charge in [0.25, 0.3) is 0 Å². The Balaban J connectivity index is 1.45. The Morgan fingerprint density at radius 1 is 1.12 bits per heavy atom. The van der Waals surface area contributed by atoms with Crippen molar-refractivity contribution in [1.29, 1.82) is 0 Å². The molecule has 1 fully saturated rings. The summed E-state index contributed by atoms with van der Waals surface area (Å²) in [5.74, 6) is 1.70. The second-order valence-corrected chi connectivity index (χ2v) is 7.37. The second kappa shape index (κ2) is 6.98. The van der Waals surface area contributed by atoms with E-state index >= 15 is 0 Å². The van der Waals surface area contributed by atoms with Crippen molar-refractivity contribution in [2.75, 3.05) is 6.54 Å². The standard InChI is InChI=1S/C20H26N4/c1-15-9-16(11-21-10-15)13-24-8-7-19-18(14-24)12-22-20(23-19)17-5-3-2-4-6-17/h9-12,17H,2-8,13-14H2,1H3. The molecule has 1 aliphatic carbocycles. The zero-order valence-corrected chi connectivity index (χ0v) is 14.5. The average Bonchev–Trinajstić information content (AvgIpc) is 2.62. The van der Waals surface area contributed by atoms with Crippen LogP contribution < -0.4 is 0 Å². The van der Waals surface area contributed by atoms with Gasteiger partial charge in [-0.3, -0.25) is 9.88 Å². The summed E-state index contributed by atoms with van der Waals surface area (Å²) >= 11 is 0. The van der Waals surface area contributed by atoms with Crippen LogP contribution in [-0.2, 0) is 19.5 Å². The van der Waals surface area contributed by atoms with Gasteiger partial charge < -0.3 is 0 Å². The van der Waals surface area contributed by atoms with E-state index < -0.39 is 0 Å². The minimum Gasteiger partial charge on any atom is -0.294 e. The molecule has 0 amide bonds. The molecule has 4 rings (SSSR count). The fourth-order valence-electron chi connectivity index (χ4n) is 4.04. The summed E-state index contributed by atoms with van der Waals surface area (Å²) in [7, 11) is 0. The van der Waals surface area contributed by atoms with E-state index in [0.29, 0.717) is 5.92 Å². The maximum Gasteiger partial charge on any atom is 0.131 e. The third kappa shape index (κ3) is 3.48. The average molecular weight is 322 g/mol. The van der Waals surface area contributed by atoms with Crippen LogP contribution in [0.1, 0.15) is 66.2 Å². The molecule has 0 saturated heterocycles. The van der Waals surface area contributed by atoms with E-state index in [1.165, 1.54) is 54.5 Å². The summed E-state index contributed by atoms with van der Waals surface area (Å²) < 4.78 is 0. The van der Waals surface area contributed by atoms with E-state index in [-0.39, 0.29) is 0 Å². The van der Waals surface area contributed by atoms with Crippen LogP contribution in [-0.4, -0.2) is 26.4 Å². The number of aryl methyl sites for hydroxylation is 1. The van der Waals surface area contributed by atoms with Gasteiger partial charge in [-0.25, -0.2) is 9.97 Å². The van der Waals surface area contributed by atoms with Crippen LogP contribution in [0.3, 0.4) is 0 Å². The Bertz CT molecular complexity index is 707. The lowest BCUT2D eigenvalue weighted by molar-refractivity contribution is 0.242. The zero-order valence-electron chi connectivity index (χ0n) is 14.5. The lowest BCUT2D eigenvalue weighted by Gasteiger charge is -2.29. The van der Waals surface area contributed by atoms with Crippen molar-refractivity contribution in [3.05, 3.63) is 52.9 Å². The quantitative estimate of drug-likeness (QED) is 0.862. The highest BCUT2D eigenvalue weighted by Gasteiger charge is 2.22. The molecule has 24 heavy (non-hydrogen) atoms. The topological polar surface area (TPSA) is 41.9 Å². The first-order chi connectivity index (χ1) is 11.8. The molecule has 0 spiro atoms. The molecular formula is C20H26N4. The Kier molecular flexibility index (Phi) is 4.56. The van der Waals surface area contributed by atoms with E-state index in [2.05, 4.69) is 29.1 Å². The molecule has 4 heteroatoms. The fraction of sp³-hybridized carbons (Fsp3) is 0.550. The predicted octanol–water partition coefficient (Wildman–Crippen LogP) is 3.79. The van der Waals surface area contributed by atoms with Crippen molar-refractivity contribution in [3.8, 4) is 0 Å². The van der Waals surface area contributed by atoms with Crippen molar-refractivity contribution in [1.82, 2.24) is 19.9 Å². The molecule has 0 aromatic carbocycles. The first kappa shape index (κ1) is 15.7. The normalized spacial score (nSPS) is 19.2. The Morgan fingerprint density at radius 2 is 2.00 bits per heavy atom. The molecule has 0 bridgehead atoms. The minimum atomic E-state index is 0.598. The van der Waals surface area contributed by atoms with Crippen LogP contribution in [0.4, 0.5) is 0 Å². The van der Waals surface area contributed by atoms with E-state index in [0.717, 1.165) is 31.9 Å². The Hall–Kier alpha value is -1.81. The Labute approximate surface area is 144 Å². The predicted molar refractivity (Wildman–Crippen MR) is 94.7 cm³/mol. The van der Waals surface area contributed by atoms with E-state index in [1.54, 1.807) is 0 Å². The van der Waals surface area contributed by atoms with E-state index in [9.17, 15) is 0 Å². The van der Waals surface area contributed by atoms with Gasteiger partial charge in [0.05, 0.1) is 0 Å². The van der Waals surface area contributed by atoms with Crippen molar-refractivity contribution < 1.29 is 0 Å². The molecule has 1 aliphatic heterocycles. The SMILES string of the molecule is Cc1cncc(CN2CCc3nc(C4CCCCC4)ncc3C2)c1. The number of hydrogen-bond donors (Lipinski definition) is 0. The van der Waals surface area contributed by atoms with Gasteiger partial charge in [-0.05, 0) is 30.9 Å². The molecular weight excluding hydrogens is 296 g/mol. The molecule has 1 saturated carbocycles. The van der Waals surface area contributed by atoms with Crippen LogP contribution >= 0.6 is 0 Å². The smallest absolute Gasteiger partial charge is 0.131 e. The van der Waals surface area contributed by atoms with Crippen molar-refractivity contribution in [2.45, 2.75) is 64.5 Å². The summed E-state index contributed by atoms with van der Waals surface area (Å²) in [4.78, 5) is 16.4. The maximum atomic E-state index is 4.94. The van der Waals surface area contributed by atoms with Crippen molar-refractivity contribution in [2.24, 2.45) is 0 Å². The van der Waals surface area contributed by atoms with Gasteiger partial charge in [0.2, 0.25) is 0 Å². The fourth-order valence-corrected chi connectivity index (χ4v) is 4.04. The molecule has 2 aromatic heterocycles. The Morgan fingerprint density at radius 3 is 2.83 bits per heavy atom. The first-order valence-corrected chi connectivity index (χ1v) is 9.25. The number of nitrogens with zero attached hydrogens (tertiary/aromatic N) is 4. The van der Waals surface area contributed by atoms with Crippen molar-refractivity contribution >= 4 is 0 Å². The van der Waals surface area contributed by atoms with Crippen LogP contribution in [0.15, 0.2) is 24.7 Å². The van der Waals surface area contributed by atoms with Crippen LogP contribution in [0.5, 0.6) is 0 Å². The zero-order chi connectivity index (χ0) is 16.4. The number of fused-ring (bicyclic) bond motifs is 1. The summed E-state index contributed by atoms with van der Waals surface area (Å²) in [6.45, 7) is 5.08. The van der Waals surface area contributed by atoms with Crippen molar-refractivity contribution in [3.63, 3.8) is 0 Å². The molecule has 0 unspecified atom stereocenters. The maximum absolute atomic E-state index is 4.94. The molecule has 0 radical (unpaired) electrons. The number of pyridine rings is 1. The second-order valence-electron chi connectivity index (χ2n) is 7.37. The van der Waals surface area contributed by atoms with Gasteiger partial charge in [0, 0.05) is 61.8 Å². The summed E-state index contributed by atoms with van der Waals surface area (Å²) in [6, 6.07) is 2.23. The first-order valence-electron chi connectivity index (χ1n) is 9.25. The van der Waals surface area contributed by atoms with Gasteiger partial charge in [-0.2, -0.15) is 0 Å². The molecule has 126 valence electrons. The van der Waals surface area contributed by atoms with Crippen LogP contribution in [0.2, 0.25) is 0 Å². The molecule has 0 N–H and O–H groups in total. The number of hydrogen-bond acceptors (Lipinski definition) is 4. The minimum absolute atomic E-state index is 0.598. The van der Waals surface area contributed by atoms with Crippen LogP contribution in [0, 0.1) is 6.92 Å². The molecule has 2 aromatic rings. The molecule has 4 nitrogen and oxygen atoms in total. The number of rotatable bonds is 3. The third-order valence-corrected chi connectivity index (χ3v) is 5.34. The summed E-state index contributed by atoms with van der Waals surface area (Å²) in [5.41, 5.74) is 5.11.